The highest BCUT2D eigenvalue weighted by Crippen LogP contribution is 2.18. The van der Waals surface area contributed by atoms with Crippen molar-refractivity contribution >= 4 is 23.2 Å². The number of carbonyl (C=O) groups excluding carboxylic acids is 1. The van der Waals surface area contributed by atoms with Gasteiger partial charge in [0.2, 0.25) is 5.91 Å². The van der Waals surface area contributed by atoms with E-state index in [4.69, 9.17) is 16.3 Å². The number of aromatic nitrogens is 1. The van der Waals surface area contributed by atoms with Crippen LogP contribution in [0.4, 0.5) is 5.69 Å². The van der Waals surface area contributed by atoms with E-state index >= 15 is 0 Å². The van der Waals surface area contributed by atoms with Crippen molar-refractivity contribution < 1.29 is 9.53 Å². The molecule has 2 rings (SSSR count). The van der Waals surface area contributed by atoms with Crippen molar-refractivity contribution in [1.29, 1.82) is 0 Å². The number of anilines is 1. The van der Waals surface area contributed by atoms with Crippen LogP contribution in [0.15, 0.2) is 42.6 Å². The number of pyridine rings is 1. The second kappa shape index (κ2) is 6.20. The molecule has 0 radical (unpaired) electrons. The van der Waals surface area contributed by atoms with Crippen LogP contribution >= 0.6 is 11.6 Å². The topological polar surface area (TPSA) is 51.2 Å². The molecule has 0 aliphatic heterocycles. The Balaban J connectivity index is 2.05. The van der Waals surface area contributed by atoms with Crippen molar-refractivity contribution in [3.8, 4) is 5.75 Å². The molecule has 0 fully saturated rings. The molecular weight excluding hydrogens is 264 g/mol. The summed E-state index contributed by atoms with van der Waals surface area (Å²) in [7, 11) is 1.58. The van der Waals surface area contributed by atoms with Gasteiger partial charge in [-0.3, -0.25) is 4.79 Å². The van der Waals surface area contributed by atoms with E-state index in [2.05, 4.69) is 10.3 Å². The molecule has 0 unspecified atom stereocenters. The number of nitrogens with zero attached hydrogens (tertiary/aromatic N) is 1. The molecule has 19 heavy (non-hydrogen) atoms. The molecule has 0 saturated heterocycles. The highest BCUT2D eigenvalue weighted by Gasteiger charge is 2.08. The van der Waals surface area contributed by atoms with Gasteiger partial charge in [-0.2, -0.15) is 0 Å². The molecule has 0 saturated carbocycles. The third kappa shape index (κ3) is 3.69. The number of rotatable bonds is 4. The minimum absolute atomic E-state index is 0.133. The third-order valence-electron chi connectivity index (χ3n) is 2.55. The highest BCUT2D eigenvalue weighted by molar-refractivity contribution is 6.29. The lowest BCUT2D eigenvalue weighted by atomic mass is 10.1. The van der Waals surface area contributed by atoms with Crippen LogP contribution in [0.25, 0.3) is 0 Å². The standard InChI is InChI=1S/C14H13ClN2O2/c1-19-12-5-3-2-4-10(12)8-14(18)17-11-6-7-16-13(15)9-11/h2-7,9H,8H2,1H3,(H,16,17,18). The van der Waals surface area contributed by atoms with Gasteiger partial charge in [0.25, 0.3) is 0 Å². The van der Waals surface area contributed by atoms with Crippen LogP contribution in [0.3, 0.4) is 0 Å². The molecule has 0 aliphatic carbocycles. The molecule has 1 N–H and O–H groups in total. The summed E-state index contributed by atoms with van der Waals surface area (Å²) in [6, 6.07) is 10.7. The number of para-hydroxylation sites is 1. The Morgan fingerprint density at radius 2 is 2.16 bits per heavy atom. The Hall–Kier alpha value is -2.07. The molecule has 2 aromatic rings. The van der Waals surface area contributed by atoms with Gasteiger partial charge in [0.05, 0.1) is 13.5 Å². The molecule has 0 aliphatic rings. The van der Waals surface area contributed by atoms with Gasteiger partial charge < -0.3 is 10.1 Å². The van der Waals surface area contributed by atoms with Gasteiger partial charge in [0, 0.05) is 17.4 Å². The molecule has 5 heteroatoms. The molecule has 1 aromatic heterocycles. The van der Waals surface area contributed by atoms with E-state index in [-0.39, 0.29) is 12.3 Å². The summed E-state index contributed by atoms with van der Waals surface area (Å²) in [5, 5.41) is 3.11. The molecule has 1 amide bonds. The van der Waals surface area contributed by atoms with Crippen molar-refractivity contribution in [1.82, 2.24) is 4.98 Å². The first-order valence-corrected chi connectivity index (χ1v) is 6.10. The number of methoxy groups -OCH3 is 1. The highest BCUT2D eigenvalue weighted by atomic mass is 35.5. The number of amides is 1. The maximum atomic E-state index is 11.9. The van der Waals surface area contributed by atoms with Crippen LogP contribution in [0.2, 0.25) is 5.15 Å². The molecule has 4 nitrogen and oxygen atoms in total. The van der Waals surface area contributed by atoms with Gasteiger partial charge in [0.1, 0.15) is 10.9 Å². The van der Waals surface area contributed by atoms with Crippen LogP contribution in [0.1, 0.15) is 5.56 Å². The first-order valence-electron chi connectivity index (χ1n) is 5.72. The minimum atomic E-state index is -0.133. The summed E-state index contributed by atoms with van der Waals surface area (Å²) in [5.74, 6) is 0.567. The monoisotopic (exact) mass is 276 g/mol. The number of hydrogen-bond donors (Lipinski definition) is 1. The predicted molar refractivity (Wildman–Crippen MR) is 74.6 cm³/mol. The van der Waals surface area contributed by atoms with Crippen molar-refractivity contribution in [2.24, 2.45) is 0 Å². The van der Waals surface area contributed by atoms with Crippen molar-refractivity contribution in [2.75, 3.05) is 12.4 Å². The normalized spacial score (nSPS) is 10.0. The quantitative estimate of drug-likeness (QED) is 0.874. The van der Waals surface area contributed by atoms with E-state index in [9.17, 15) is 4.79 Å². The molecule has 0 bridgehead atoms. The van der Waals surface area contributed by atoms with Gasteiger partial charge in [-0.1, -0.05) is 29.8 Å². The molecular formula is C14H13ClN2O2. The smallest absolute Gasteiger partial charge is 0.228 e. The average Bonchev–Trinajstić information content (AvgIpc) is 2.39. The van der Waals surface area contributed by atoms with Gasteiger partial charge in [-0.25, -0.2) is 4.98 Å². The molecule has 1 aromatic carbocycles. The zero-order valence-corrected chi connectivity index (χ0v) is 11.1. The number of halogens is 1. The summed E-state index contributed by atoms with van der Waals surface area (Å²) < 4.78 is 5.20. The summed E-state index contributed by atoms with van der Waals surface area (Å²) in [6.45, 7) is 0. The zero-order chi connectivity index (χ0) is 13.7. The van der Waals surface area contributed by atoms with E-state index in [0.29, 0.717) is 16.6 Å². The Kier molecular flexibility index (Phi) is 4.36. The van der Waals surface area contributed by atoms with Crippen LogP contribution in [-0.2, 0) is 11.2 Å². The van der Waals surface area contributed by atoms with Crippen molar-refractivity contribution in [2.45, 2.75) is 6.42 Å². The van der Waals surface area contributed by atoms with Gasteiger partial charge >= 0.3 is 0 Å². The number of hydrogen-bond acceptors (Lipinski definition) is 3. The predicted octanol–water partition coefficient (Wildman–Crippen LogP) is 2.92. The van der Waals surface area contributed by atoms with Crippen LogP contribution < -0.4 is 10.1 Å². The lowest BCUT2D eigenvalue weighted by molar-refractivity contribution is -0.115. The fourth-order valence-electron chi connectivity index (χ4n) is 1.71. The van der Waals surface area contributed by atoms with Crippen molar-refractivity contribution in [3.63, 3.8) is 0 Å². The van der Waals surface area contributed by atoms with E-state index < -0.39 is 0 Å². The Labute approximate surface area is 116 Å². The van der Waals surface area contributed by atoms with E-state index in [0.717, 1.165) is 5.56 Å². The molecule has 0 spiro atoms. The van der Waals surface area contributed by atoms with Gasteiger partial charge in [0.15, 0.2) is 0 Å². The number of nitrogens with one attached hydrogen (secondary N) is 1. The fourth-order valence-corrected chi connectivity index (χ4v) is 1.88. The summed E-state index contributed by atoms with van der Waals surface area (Å²) >= 11 is 5.75. The minimum Gasteiger partial charge on any atom is -0.496 e. The van der Waals surface area contributed by atoms with Crippen LogP contribution in [0.5, 0.6) is 5.75 Å². The van der Waals surface area contributed by atoms with Gasteiger partial charge in [-0.15, -0.1) is 0 Å². The second-order valence-electron chi connectivity index (χ2n) is 3.90. The Morgan fingerprint density at radius 3 is 2.89 bits per heavy atom. The van der Waals surface area contributed by atoms with Crippen LogP contribution in [0, 0.1) is 0 Å². The van der Waals surface area contributed by atoms with Gasteiger partial charge in [-0.05, 0) is 18.2 Å². The Morgan fingerprint density at radius 1 is 1.37 bits per heavy atom. The maximum absolute atomic E-state index is 11.9. The van der Waals surface area contributed by atoms with E-state index in [1.807, 2.05) is 24.3 Å². The largest absolute Gasteiger partial charge is 0.496 e. The first-order chi connectivity index (χ1) is 9.19. The van der Waals surface area contributed by atoms with Crippen molar-refractivity contribution in [3.05, 3.63) is 53.3 Å². The molecule has 0 atom stereocenters. The first kappa shape index (κ1) is 13.4. The summed E-state index contributed by atoms with van der Waals surface area (Å²) in [5.41, 5.74) is 1.46. The van der Waals surface area contributed by atoms with E-state index in [1.54, 1.807) is 25.4 Å². The summed E-state index contributed by atoms with van der Waals surface area (Å²) in [6.07, 6.45) is 1.78. The third-order valence-corrected chi connectivity index (χ3v) is 2.76. The lowest BCUT2D eigenvalue weighted by Crippen LogP contribution is -2.14. The lowest BCUT2D eigenvalue weighted by Gasteiger charge is -2.08. The molecule has 98 valence electrons. The average molecular weight is 277 g/mol. The fraction of sp³-hybridized carbons (Fsp3) is 0.143. The number of ether oxygens (including phenoxy) is 1. The van der Waals surface area contributed by atoms with Crippen LogP contribution in [-0.4, -0.2) is 18.0 Å². The SMILES string of the molecule is COc1ccccc1CC(=O)Nc1ccnc(Cl)c1. The summed E-state index contributed by atoms with van der Waals surface area (Å²) in [4.78, 5) is 15.8. The zero-order valence-electron chi connectivity index (χ0n) is 10.4. The molecule has 1 heterocycles. The number of benzene rings is 1. The number of carbonyl (C=O) groups is 1. The Bertz CT molecular complexity index is 587. The maximum Gasteiger partial charge on any atom is 0.228 e. The van der Waals surface area contributed by atoms with E-state index in [1.165, 1.54) is 0 Å². The second-order valence-corrected chi connectivity index (χ2v) is 4.29.